The summed E-state index contributed by atoms with van der Waals surface area (Å²) in [6.07, 6.45) is 1.45. The molecule has 0 saturated heterocycles. The van der Waals surface area contributed by atoms with E-state index in [9.17, 15) is 14.7 Å². The molecule has 1 aromatic heterocycles. The van der Waals surface area contributed by atoms with Crippen LogP contribution < -0.4 is 16.1 Å². The van der Waals surface area contributed by atoms with Gasteiger partial charge in [0.1, 0.15) is 6.04 Å². The number of nitrogens with one attached hydrogen (secondary N) is 3. The van der Waals surface area contributed by atoms with Gasteiger partial charge in [0.2, 0.25) is 0 Å². The Morgan fingerprint density at radius 1 is 1.15 bits per heavy atom. The van der Waals surface area contributed by atoms with Gasteiger partial charge in [0.25, 0.3) is 11.8 Å². The zero-order valence-corrected chi connectivity index (χ0v) is 15.1. The van der Waals surface area contributed by atoms with Crippen LogP contribution >= 0.6 is 0 Å². The molecule has 8 nitrogen and oxygen atoms in total. The fraction of sp³-hybridized carbons (Fsp3) is 0.316. The van der Waals surface area contributed by atoms with Gasteiger partial charge in [0.05, 0.1) is 6.10 Å². The zero-order valence-electron chi connectivity index (χ0n) is 15.1. The maximum Gasteiger partial charge on any atom is 0.268 e. The molecule has 2 aromatic rings. The van der Waals surface area contributed by atoms with Crippen LogP contribution in [0.15, 0.2) is 48.7 Å². The highest BCUT2D eigenvalue weighted by atomic mass is 16.5. The second-order valence-corrected chi connectivity index (χ2v) is 6.11. The van der Waals surface area contributed by atoms with Gasteiger partial charge in [0, 0.05) is 37.0 Å². The minimum atomic E-state index is -1.24. The van der Waals surface area contributed by atoms with E-state index in [1.54, 1.807) is 18.3 Å². The Bertz CT molecular complexity index is 735. The van der Waals surface area contributed by atoms with Gasteiger partial charge in [-0.2, -0.15) is 0 Å². The van der Waals surface area contributed by atoms with Crippen molar-refractivity contribution in [2.45, 2.75) is 32.0 Å². The highest BCUT2D eigenvalue weighted by Gasteiger charge is 2.25. The van der Waals surface area contributed by atoms with Crippen LogP contribution in [0, 0.1) is 0 Å². The summed E-state index contributed by atoms with van der Waals surface area (Å²) in [4.78, 5) is 27.9. The number of pyridine rings is 1. The van der Waals surface area contributed by atoms with Crippen molar-refractivity contribution in [3.63, 3.8) is 0 Å². The van der Waals surface area contributed by atoms with E-state index in [0.717, 1.165) is 24.2 Å². The van der Waals surface area contributed by atoms with Gasteiger partial charge in [-0.25, -0.2) is 5.48 Å². The summed E-state index contributed by atoms with van der Waals surface area (Å²) in [7, 11) is 0. The van der Waals surface area contributed by atoms with Crippen LogP contribution in [-0.2, 0) is 17.8 Å². The van der Waals surface area contributed by atoms with Crippen LogP contribution in [0.25, 0.3) is 0 Å². The number of carbonyl (C=O) groups excluding carboxylic acids is 2. The van der Waals surface area contributed by atoms with Crippen molar-refractivity contribution in [2.75, 3.05) is 6.54 Å². The summed E-state index contributed by atoms with van der Waals surface area (Å²) in [5, 5.41) is 23.9. The molecule has 0 bridgehead atoms. The van der Waals surface area contributed by atoms with Gasteiger partial charge in [-0.05, 0) is 36.8 Å². The number of rotatable bonds is 9. The Morgan fingerprint density at radius 3 is 2.48 bits per heavy atom. The molecule has 0 aliphatic heterocycles. The number of hydrogen-bond donors (Lipinski definition) is 5. The van der Waals surface area contributed by atoms with Gasteiger partial charge in [-0.3, -0.25) is 19.8 Å². The van der Waals surface area contributed by atoms with Gasteiger partial charge < -0.3 is 15.7 Å². The number of aliphatic hydroxyl groups excluding tert-OH is 1. The van der Waals surface area contributed by atoms with E-state index in [1.165, 1.54) is 12.4 Å². The summed E-state index contributed by atoms with van der Waals surface area (Å²) in [6, 6.07) is 11.5. The maximum absolute atomic E-state index is 12.2. The molecule has 27 heavy (non-hydrogen) atoms. The van der Waals surface area contributed by atoms with E-state index in [2.05, 4.69) is 15.6 Å². The number of aromatic nitrogens is 1. The van der Waals surface area contributed by atoms with E-state index >= 15 is 0 Å². The molecule has 0 saturated carbocycles. The summed E-state index contributed by atoms with van der Waals surface area (Å²) in [5.41, 5.74) is 3.81. The quantitative estimate of drug-likeness (QED) is 0.247. The SMILES string of the molecule is C[C@@H](O)[C@H](NC(=O)c1ccc(CNCCc2ccccn2)cc1)C(=O)NO. The van der Waals surface area contributed by atoms with E-state index in [1.807, 2.05) is 30.3 Å². The lowest BCUT2D eigenvalue weighted by molar-refractivity contribution is -0.133. The van der Waals surface area contributed by atoms with Crippen molar-refractivity contribution >= 4 is 11.8 Å². The zero-order chi connectivity index (χ0) is 19.6. The minimum Gasteiger partial charge on any atom is -0.391 e. The van der Waals surface area contributed by atoms with E-state index in [-0.39, 0.29) is 0 Å². The largest absolute Gasteiger partial charge is 0.391 e. The molecule has 1 heterocycles. The number of benzene rings is 1. The van der Waals surface area contributed by atoms with Crippen LogP contribution in [0.3, 0.4) is 0 Å². The molecule has 0 fully saturated rings. The third kappa shape index (κ3) is 6.45. The Morgan fingerprint density at radius 2 is 1.89 bits per heavy atom. The Kier molecular flexibility index (Phi) is 7.87. The van der Waals surface area contributed by atoms with Crippen LogP contribution in [-0.4, -0.2) is 45.8 Å². The Labute approximate surface area is 157 Å². The van der Waals surface area contributed by atoms with Crippen molar-refractivity contribution in [1.29, 1.82) is 0 Å². The van der Waals surface area contributed by atoms with E-state index in [0.29, 0.717) is 12.1 Å². The maximum atomic E-state index is 12.2. The fourth-order valence-electron chi connectivity index (χ4n) is 2.47. The number of amides is 2. The monoisotopic (exact) mass is 372 g/mol. The van der Waals surface area contributed by atoms with Gasteiger partial charge >= 0.3 is 0 Å². The molecule has 2 rings (SSSR count). The van der Waals surface area contributed by atoms with Crippen molar-refractivity contribution in [1.82, 2.24) is 21.1 Å². The number of nitrogens with zero attached hydrogens (tertiary/aromatic N) is 1. The first kappa shape index (κ1) is 20.5. The summed E-state index contributed by atoms with van der Waals surface area (Å²) < 4.78 is 0. The van der Waals surface area contributed by atoms with Gasteiger partial charge in [-0.1, -0.05) is 18.2 Å². The second kappa shape index (κ2) is 10.4. The molecule has 5 N–H and O–H groups in total. The first-order valence-corrected chi connectivity index (χ1v) is 8.63. The molecular formula is C19H24N4O4. The van der Waals surface area contributed by atoms with Crippen LogP contribution in [0.4, 0.5) is 0 Å². The van der Waals surface area contributed by atoms with Crippen LogP contribution in [0.2, 0.25) is 0 Å². The van der Waals surface area contributed by atoms with Gasteiger partial charge in [-0.15, -0.1) is 0 Å². The molecule has 0 spiro atoms. The molecule has 2 atom stereocenters. The third-order valence-corrected chi connectivity index (χ3v) is 3.99. The second-order valence-electron chi connectivity index (χ2n) is 6.11. The lowest BCUT2D eigenvalue weighted by Crippen LogP contribution is -2.51. The van der Waals surface area contributed by atoms with Crippen molar-refractivity contribution < 1.29 is 19.9 Å². The predicted molar refractivity (Wildman–Crippen MR) is 99.0 cm³/mol. The van der Waals surface area contributed by atoms with Crippen molar-refractivity contribution in [2.24, 2.45) is 0 Å². The number of aliphatic hydroxyl groups is 1. The average molecular weight is 372 g/mol. The molecule has 1 aromatic carbocycles. The molecule has 2 amide bonds. The normalized spacial score (nSPS) is 12.9. The highest BCUT2D eigenvalue weighted by molar-refractivity contribution is 5.97. The van der Waals surface area contributed by atoms with E-state index < -0.39 is 24.0 Å². The lowest BCUT2D eigenvalue weighted by Gasteiger charge is -2.19. The molecule has 0 aliphatic carbocycles. The first-order valence-electron chi connectivity index (χ1n) is 8.63. The number of hydroxylamine groups is 1. The summed E-state index contributed by atoms with van der Waals surface area (Å²) in [5.74, 6) is -1.40. The third-order valence-electron chi connectivity index (χ3n) is 3.99. The smallest absolute Gasteiger partial charge is 0.268 e. The van der Waals surface area contributed by atoms with Crippen LogP contribution in [0.5, 0.6) is 0 Å². The Hall–Kier alpha value is -2.81. The average Bonchev–Trinajstić information content (AvgIpc) is 2.69. The topological polar surface area (TPSA) is 124 Å². The first-order chi connectivity index (χ1) is 13.0. The van der Waals surface area contributed by atoms with E-state index in [4.69, 9.17) is 5.21 Å². The van der Waals surface area contributed by atoms with Gasteiger partial charge in [0.15, 0.2) is 0 Å². The standard InChI is InChI=1S/C19H24N4O4/c1-13(24)17(19(26)23-27)22-18(25)15-7-5-14(6-8-15)12-20-11-9-16-4-2-3-10-21-16/h2-8,10,13,17,20,24,27H,9,11-12H2,1H3,(H,22,25)(H,23,26)/t13-,17+/m1/s1. The Balaban J connectivity index is 1.83. The van der Waals surface area contributed by atoms with Crippen molar-refractivity contribution in [3.8, 4) is 0 Å². The summed E-state index contributed by atoms with van der Waals surface area (Å²) in [6.45, 7) is 2.78. The lowest BCUT2D eigenvalue weighted by atomic mass is 10.1. The minimum absolute atomic E-state index is 0.351. The molecule has 0 unspecified atom stereocenters. The van der Waals surface area contributed by atoms with Crippen molar-refractivity contribution in [3.05, 3.63) is 65.5 Å². The summed E-state index contributed by atoms with van der Waals surface area (Å²) >= 11 is 0. The molecule has 144 valence electrons. The highest BCUT2D eigenvalue weighted by Crippen LogP contribution is 2.06. The van der Waals surface area contributed by atoms with Crippen LogP contribution in [0.1, 0.15) is 28.5 Å². The number of hydrogen-bond acceptors (Lipinski definition) is 6. The molecule has 0 radical (unpaired) electrons. The fourth-order valence-corrected chi connectivity index (χ4v) is 2.47. The molecule has 8 heteroatoms. The predicted octanol–water partition coefficient (Wildman–Crippen LogP) is 0.398. The molecule has 0 aliphatic rings. The molecular weight excluding hydrogens is 348 g/mol. The number of carbonyl (C=O) groups is 2.